The Kier molecular flexibility index (Phi) is 15.1. The minimum Gasteiger partial charge on any atom is -0.493 e. The smallest absolute Gasteiger partial charge is 0.259 e. The summed E-state index contributed by atoms with van der Waals surface area (Å²) in [4.78, 5) is 13.2. The Hall–Kier alpha value is -1.53. The van der Waals surface area contributed by atoms with E-state index in [0.717, 1.165) is 40.3 Å². The van der Waals surface area contributed by atoms with Crippen LogP contribution < -0.4 is 14.8 Å². The fraction of sp³-hybridized carbons (Fsp3) is 0.552. The number of carbonyl (C=O) groups is 1. The number of nitrogens with one attached hydrogen (secondary N) is 1. The number of hydrogen-bond donors (Lipinski definition) is 1. The average Bonchev–Trinajstić information content (AvgIpc) is 2.85. The van der Waals surface area contributed by atoms with Crippen molar-refractivity contribution in [3.8, 4) is 11.5 Å². The molecule has 35 heavy (non-hydrogen) atoms. The van der Waals surface area contributed by atoms with E-state index < -0.39 is 0 Å². The quantitative estimate of drug-likeness (QED) is 0.171. The number of halogens is 2. The van der Waals surface area contributed by atoms with E-state index in [1.807, 2.05) is 30.3 Å². The lowest BCUT2D eigenvalue weighted by atomic mass is 10.1. The van der Waals surface area contributed by atoms with E-state index in [1.165, 1.54) is 51.4 Å². The molecule has 1 N–H and O–H groups in total. The number of hydrogen-bond acceptors (Lipinski definition) is 3. The molecule has 0 aliphatic rings. The molecule has 0 fully saturated rings. The highest BCUT2D eigenvalue weighted by Crippen LogP contribution is 2.34. The molecule has 0 heterocycles. The van der Waals surface area contributed by atoms with Gasteiger partial charge in [0.25, 0.3) is 5.91 Å². The molecule has 0 saturated heterocycles. The minimum absolute atomic E-state index is 0.206. The summed E-state index contributed by atoms with van der Waals surface area (Å²) >= 11 is 7.05. The van der Waals surface area contributed by atoms with Crippen LogP contribution in [0.5, 0.6) is 11.5 Å². The number of carbonyl (C=O) groups excluding carboxylic acids is 1. The number of anilines is 1. The topological polar surface area (TPSA) is 47.6 Å². The summed E-state index contributed by atoms with van der Waals surface area (Å²) in [7, 11) is 0. The van der Waals surface area contributed by atoms with E-state index in [1.54, 1.807) is 6.07 Å². The summed E-state index contributed by atoms with van der Waals surface area (Å²) in [6.07, 6.45) is 14.4. The second-order valence-corrected chi connectivity index (χ2v) is 10.7. The Morgan fingerprint density at radius 2 is 1.23 bits per heavy atom. The summed E-state index contributed by atoms with van der Waals surface area (Å²) in [5.74, 6) is 1.04. The van der Waals surface area contributed by atoms with E-state index >= 15 is 0 Å². The van der Waals surface area contributed by atoms with E-state index in [-0.39, 0.29) is 5.91 Å². The van der Waals surface area contributed by atoms with Gasteiger partial charge in [0.1, 0.15) is 11.5 Å². The Morgan fingerprint density at radius 1 is 0.714 bits per heavy atom. The maximum absolute atomic E-state index is 13.2. The van der Waals surface area contributed by atoms with Crippen molar-refractivity contribution in [1.82, 2.24) is 0 Å². The lowest BCUT2D eigenvalue weighted by molar-refractivity contribution is 0.102. The molecule has 4 nitrogen and oxygen atoms in total. The standard InChI is InChI=1S/C29H41Br2NO3/c1-3-5-7-9-11-13-19-34-27-22-26(31)28(35-20-14-12-10-8-6-4-2)21-25(27)29(33)32-24-17-15-23(30)16-18-24/h15-18,21-22H,3-14,19-20H2,1-2H3,(H,32,33). The molecule has 0 spiro atoms. The van der Waals surface area contributed by atoms with Gasteiger partial charge in [-0.3, -0.25) is 4.79 Å². The number of amides is 1. The van der Waals surface area contributed by atoms with Crippen LogP contribution in [0.3, 0.4) is 0 Å². The van der Waals surface area contributed by atoms with Crippen molar-refractivity contribution in [3.63, 3.8) is 0 Å². The third kappa shape index (κ3) is 11.8. The maximum atomic E-state index is 13.2. The van der Waals surface area contributed by atoms with Crippen LogP contribution in [-0.4, -0.2) is 19.1 Å². The Labute approximate surface area is 228 Å². The van der Waals surface area contributed by atoms with Crippen molar-refractivity contribution in [1.29, 1.82) is 0 Å². The van der Waals surface area contributed by atoms with Gasteiger partial charge in [0, 0.05) is 10.2 Å². The summed E-state index contributed by atoms with van der Waals surface area (Å²) in [6.45, 7) is 5.68. The van der Waals surface area contributed by atoms with E-state index in [9.17, 15) is 4.79 Å². The van der Waals surface area contributed by atoms with Crippen molar-refractivity contribution in [2.75, 3.05) is 18.5 Å². The molecule has 0 radical (unpaired) electrons. The lowest BCUT2D eigenvalue weighted by Crippen LogP contribution is -2.14. The first-order valence-corrected chi connectivity index (χ1v) is 14.8. The van der Waals surface area contributed by atoms with Gasteiger partial charge in [0.2, 0.25) is 0 Å². The fourth-order valence-electron chi connectivity index (χ4n) is 3.80. The molecular weight excluding hydrogens is 570 g/mol. The molecule has 0 saturated carbocycles. The van der Waals surface area contributed by atoms with Crippen LogP contribution in [0.1, 0.15) is 101 Å². The SMILES string of the molecule is CCCCCCCCOc1cc(C(=O)Nc2ccc(Br)cc2)c(OCCCCCCCC)cc1Br. The maximum Gasteiger partial charge on any atom is 0.259 e. The van der Waals surface area contributed by atoms with Crippen LogP contribution >= 0.6 is 31.9 Å². The largest absolute Gasteiger partial charge is 0.493 e. The molecule has 2 aromatic rings. The van der Waals surface area contributed by atoms with Crippen molar-refractivity contribution in [2.45, 2.75) is 90.9 Å². The fourth-order valence-corrected chi connectivity index (χ4v) is 4.50. The van der Waals surface area contributed by atoms with Gasteiger partial charge in [0.15, 0.2) is 0 Å². The Balaban J connectivity index is 2.03. The molecule has 194 valence electrons. The van der Waals surface area contributed by atoms with Crippen molar-refractivity contribution in [3.05, 3.63) is 50.9 Å². The Bertz CT molecular complexity index is 871. The van der Waals surface area contributed by atoms with Gasteiger partial charge in [-0.25, -0.2) is 0 Å². The van der Waals surface area contributed by atoms with Gasteiger partial charge < -0.3 is 14.8 Å². The first kappa shape index (κ1) is 29.7. The summed E-state index contributed by atoms with van der Waals surface area (Å²) in [6, 6.07) is 11.2. The normalized spacial score (nSPS) is 10.9. The highest BCUT2D eigenvalue weighted by molar-refractivity contribution is 9.10. The number of ether oxygens (including phenoxy) is 2. The monoisotopic (exact) mass is 609 g/mol. The zero-order chi connectivity index (χ0) is 25.3. The predicted octanol–water partition coefficient (Wildman–Crippen LogP) is 9.94. The molecule has 6 heteroatoms. The molecule has 0 unspecified atom stereocenters. The van der Waals surface area contributed by atoms with E-state index in [2.05, 4.69) is 51.0 Å². The molecule has 1 amide bonds. The molecule has 0 aromatic heterocycles. The van der Waals surface area contributed by atoms with Gasteiger partial charge in [-0.1, -0.05) is 94.0 Å². The van der Waals surface area contributed by atoms with Crippen LogP contribution in [0.15, 0.2) is 45.3 Å². The molecular formula is C29H41Br2NO3. The van der Waals surface area contributed by atoms with Crippen LogP contribution in [0, 0.1) is 0 Å². The van der Waals surface area contributed by atoms with Crippen molar-refractivity contribution >= 4 is 43.5 Å². The van der Waals surface area contributed by atoms with Crippen LogP contribution in [0.25, 0.3) is 0 Å². The van der Waals surface area contributed by atoms with E-state index in [0.29, 0.717) is 30.3 Å². The summed E-state index contributed by atoms with van der Waals surface area (Å²) < 4.78 is 13.9. The first-order chi connectivity index (χ1) is 17.0. The zero-order valence-corrected chi connectivity index (χ0v) is 24.5. The van der Waals surface area contributed by atoms with Gasteiger partial charge in [-0.05, 0) is 65.2 Å². The third-order valence-corrected chi connectivity index (χ3v) is 7.04. The summed E-state index contributed by atoms with van der Waals surface area (Å²) in [5, 5.41) is 2.98. The molecule has 0 atom stereocenters. The highest BCUT2D eigenvalue weighted by Gasteiger charge is 2.18. The van der Waals surface area contributed by atoms with Gasteiger partial charge in [0.05, 0.1) is 23.2 Å². The second-order valence-electron chi connectivity index (χ2n) is 8.97. The number of rotatable bonds is 18. The van der Waals surface area contributed by atoms with Crippen LogP contribution in [0.2, 0.25) is 0 Å². The third-order valence-electron chi connectivity index (χ3n) is 5.89. The van der Waals surface area contributed by atoms with E-state index in [4.69, 9.17) is 9.47 Å². The number of benzene rings is 2. The van der Waals surface area contributed by atoms with Crippen molar-refractivity contribution < 1.29 is 14.3 Å². The number of unbranched alkanes of at least 4 members (excludes halogenated alkanes) is 10. The molecule has 0 aliphatic carbocycles. The molecule has 0 aliphatic heterocycles. The van der Waals surface area contributed by atoms with Gasteiger partial charge >= 0.3 is 0 Å². The van der Waals surface area contributed by atoms with Crippen LogP contribution in [-0.2, 0) is 0 Å². The second kappa shape index (κ2) is 17.8. The zero-order valence-electron chi connectivity index (χ0n) is 21.3. The van der Waals surface area contributed by atoms with Gasteiger partial charge in [-0.15, -0.1) is 0 Å². The predicted molar refractivity (Wildman–Crippen MR) is 154 cm³/mol. The molecule has 0 bridgehead atoms. The Morgan fingerprint density at radius 3 is 1.80 bits per heavy atom. The van der Waals surface area contributed by atoms with Crippen molar-refractivity contribution in [2.24, 2.45) is 0 Å². The molecule has 2 rings (SSSR count). The summed E-state index contributed by atoms with van der Waals surface area (Å²) in [5.41, 5.74) is 1.22. The average molecular weight is 611 g/mol. The lowest BCUT2D eigenvalue weighted by Gasteiger charge is -2.16. The minimum atomic E-state index is -0.206. The highest BCUT2D eigenvalue weighted by atomic mass is 79.9. The van der Waals surface area contributed by atoms with Crippen LogP contribution in [0.4, 0.5) is 5.69 Å². The molecule has 2 aromatic carbocycles. The van der Waals surface area contributed by atoms with Gasteiger partial charge in [-0.2, -0.15) is 0 Å². The first-order valence-electron chi connectivity index (χ1n) is 13.2.